The lowest BCUT2D eigenvalue weighted by Crippen LogP contribution is -2.59. The standard InChI is InChI=1S/C23H36O2.C22H34O3.C4H8O/c1-14(2)17-8-9-18-16-7-6-15-12-21(3,25)10-11-22(15,4)20(16)19(24)13-23(17,18)5;1-13(23)16-7-8-17-15-6-5-14-11-20(2,25)9-10-21(14,3)19(15)18(24)12-22(16,17)4;1-2-4-5-3-1/h15-18,20,25H,1,6-13H2,2-5H3;14-17,19,25H,5-12H2,1-4H3;1-4H2/t15-,16+,17-,18+,20-,21+,22+,23-;14-,15+,16-,17+,19-,20+,21+,22-;/m11./s1. The van der Waals surface area contributed by atoms with E-state index >= 15 is 0 Å². The second-order valence-corrected chi connectivity index (χ2v) is 22.8. The van der Waals surface area contributed by atoms with Crippen LogP contribution in [0, 0.1) is 80.8 Å². The second kappa shape index (κ2) is 14.7. The van der Waals surface area contributed by atoms with E-state index in [0.29, 0.717) is 59.4 Å². The molecule has 8 saturated carbocycles. The maximum absolute atomic E-state index is 13.5. The molecule has 8 aliphatic carbocycles. The van der Waals surface area contributed by atoms with Gasteiger partial charge < -0.3 is 14.9 Å². The fourth-order valence-corrected chi connectivity index (χ4v) is 16.5. The minimum atomic E-state index is -0.559. The molecule has 9 aliphatic rings. The Kier molecular flexibility index (Phi) is 11.2. The highest BCUT2D eigenvalue weighted by Gasteiger charge is 2.66. The number of carbonyl (C=O) groups is 3. The molecule has 0 aromatic heterocycles. The van der Waals surface area contributed by atoms with E-state index in [-0.39, 0.29) is 45.2 Å². The third-order valence-electron chi connectivity index (χ3n) is 19.2. The third-order valence-corrected chi connectivity index (χ3v) is 19.2. The van der Waals surface area contributed by atoms with Crippen molar-refractivity contribution in [2.45, 2.75) is 182 Å². The molecule has 1 heterocycles. The van der Waals surface area contributed by atoms with Gasteiger partial charge in [-0.15, -0.1) is 0 Å². The Morgan fingerprint density at radius 1 is 0.600 bits per heavy atom. The molecular weight excluding hydrogens is 685 g/mol. The summed E-state index contributed by atoms with van der Waals surface area (Å²) in [5, 5.41) is 21.1. The molecule has 9 fully saturated rings. The summed E-state index contributed by atoms with van der Waals surface area (Å²) in [7, 11) is 0. The smallest absolute Gasteiger partial charge is 0.137 e. The zero-order valence-electron chi connectivity index (χ0n) is 36.2. The number of rotatable bonds is 2. The summed E-state index contributed by atoms with van der Waals surface area (Å²) in [5.74, 6) is 5.48. The van der Waals surface area contributed by atoms with E-state index in [1.807, 2.05) is 13.8 Å². The Hall–Kier alpha value is -1.37. The van der Waals surface area contributed by atoms with Gasteiger partial charge in [-0.1, -0.05) is 39.8 Å². The van der Waals surface area contributed by atoms with Crippen LogP contribution in [0.3, 0.4) is 0 Å². The number of Topliss-reactive ketones (excluding diaryl/α,β-unsaturated/α-hetero) is 3. The zero-order chi connectivity index (χ0) is 39.9. The Morgan fingerprint density at radius 3 is 1.40 bits per heavy atom. The molecular formula is C49H78O6. The Balaban J connectivity index is 0.000000150. The molecule has 0 spiro atoms. The van der Waals surface area contributed by atoms with Crippen molar-refractivity contribution in [1.82, 2.24) is 0 Å². The fraction of sp³-hybridized carbons (Fsp3) is 0.898. The van der Waals surface area contributed by atoms with E-state index in [0.717, 1.165) is 83.8 Å². The average Bonchev–Trinajstić information content (AvgIpc) is 3.85. The molecule has 55 heavy (non-hydrogen) atoms. The van der Waals surface area contributed by atoms with Crippen LogP contribution in [0.15, 0.2) is 12.2 Å². The number of ether oxygens (including phenoxy) is 1. The van der Waals surface area contributed by atoms with Gasteiger partial charge in [0, 0.05) is 43.8 Å². The van der Waals surface area contributed by atoms with Gasteiger partial charge in [-0.25, -0.2) is 0 Å². The molecule has 0 unspecified atom stereocenters. The lowest BCUT2D eigenvalue weighted by Gasteiger charge is -2.61. The molecule has 1 aliphatic heterocycles. The first-order chi connectivity index (χ1) is 25.7. The summed E-state index contributed by atoms with van der Waals surface area (Å²) in [6, 6.07) is 0. The molecule has 9 rings (SSSR count). The number of ketones is 3. The first-order valence-corrected chi connectivity index (χ1v) is 22.9. The molecule has 0 aromatic carbocycles. The summed E-state index contributed by atoms with van der Waals surface area (Å²) < 4.78 is 4.94. The van der Waals surface area contributed by atoms with Crippen LogP contribution in [0.2, 0.25) is 0 Å². The van der Waals surface area contributed by atoms with Gasteiger partial charge in [0.2, 0.25) is 0 Å². The molecule has 6 nitrogen and oxygen atoms in total. The number of carbonyl (C=O) groups excluding carboxylic acids is 3. The van der Waals surface area contributed by atoms with Gasteiger partial charge in [-0.2, -0.15) is 0 Å². The van der Waals surface area contributed by atoms with Crippen molar-refractivity contribution in [2.75, 3.05) is 13.2 Å². The highest BCUT2D eigenvalue weighted by molar-refractivity contribution is 5.87. The van der Waals surface area contributed by atoms with Crippen LogP contribution in [0.4, 0.5) is 0 Å². The Labute approximate surface area is 334 Å². The van der Waals surface area contributed by atoms with Gasteiger partial charge in [0.05, 0.1) is 11.2 Å². The lowest BCUT2D eigenvalue weighted by molar-refractivity contribution is -0.168. The molecule has 0 aromatic rings. The summed E-state index contributed by atoms with van der Waals surface area (Å²) >= 11 is 0. The molecule has 2 N–H and O–H groups in total. The summed E-state index contributed by atoms with van der Waals surface area (Å²) in [6.07, 6.45) is 18.5. The maximum atomic E-state index is 13.5. The van der Waals surface area contributed by atoms with Gasteiger partial charge in [0.1, 0.15) is 17.3 Å². The first-order valence-electron chi connectivity index (χ1n) is 22.9. The maximum Gasteiger partial charge on any atom is 0.137 e. The predicted octanol–water partition coefficient (Wildman–Crippen LogP) is 10.1. The number of fused-ring (bicyclic) bond motifs is 10. The van der Waals surface area contributed by atoms with Gasteiger partial charge in [0.15, 0.2) is 0 Å². The minimum absolute atomic E-state index is 0.0535. The highest BCUT2D eigenvalue weighted by atomic mass is 16.5. The van der Waals surface area contributed by atoms with Crippen LogP contribution in [-0.4, -0.2) is 52.0 Å². The van der Waals surface area contributed by atoms with Gasteiger partial charge in [-0.05, 0) is 194 Å². The van der Waals surface area contributed by atoms with Crippen molar-refractivity contribution in [3.05, 3.63) is 12.2 Å². The molecule has 0 radical (unpaired) electrons. The molecule has 16 atom stereocenters. The third kappa shape index (κ3) is 7.12. The highest BCUT2D eigenvalue weighted by Crippen LogP contribution is 2.69. The van der Waals surface area contributed by atoms with Gasteiger partial charge in [-0.3, -0.25) is 14.4 Å². The Morgan fingerprint density at radius 2 is 1.02 bits per heavy atom. The van der Waals surface area contributed by atoms with Crippen LogP contribution < -0.4 is 0 Å². The van der Waals surface area contributed by atoms with Crippen LogP contribution in [0.1, 0.15) is 171 Å². The van der Waals surface area contributed by atoms with Crippen molar-refractivity contribution in [2.24, 2.45) is 80.8 Å². The average molecular weight is 763 g/mol. The molecule has 310 valence electrons. The van der Waals surface area contributed by atoms with E-state index in [1.165, 1.54) is 44.1 Å². The molecule has 6 heteroatoms. The normalized spacial score (nSPS) is 52.4. The number of aliphatic hydroxyl groups is 2. The molecule has 1 saturated heterocycles. The van der Waals surface area contributed by atoms with E-state index in [2.05, 4.69) is 41.2 Å². The van der Waals surface area contributed by atoms with Crippen molar-refractivity contribution in [3.8, 4) is 0 Å². The van der Waals surface area contributed by atoms with Crippen LogP contribution >= 0.6 is 0 Å². The largest absolute Gasteiger partial charge is 0.390 e. The molecule has 0 bridgehead atoms. The topological polar surface area (TPSA) is 101 Å². The van der Waals surface area contributed by atoms with Crippen LogP contribution in [0.25, 0.3) is 0 Å². The van der Waals surface area contributed by atoms with E-state index in [9.17, 15) is 24.6 Å². The quantitative estimate of drug-likeness (QED) is 0.272. The monoisotopic (exact) mass is 763 g/mol. The van der Waals surface area contributed by atoms with Crippen molar-refractivity contribution >= 4 is 17.3 Å². The van der Waals surface area contributed by atoms with E-state index in [1.54, 1.807) is 6.92 Å². The van der Waals surface area contributed by atoms with Crippen molar-refractivity contribution < 1.29 is 29.3 Å². The summed E-state index contributed by atoms with van der Waals surface area (Å²) in [5.41, 5.74) is 0.409. The van der Waals surface area contributed by atoms with Crippen molar-refractivity contribution in [3.63, 3.8) is 0 Å². The fourth-order valence-electron chi connectivity index (χ4n) is 16.5. The van der Waals surface area contributed by atoms with Crippen LogP contribution in [-0.2, 0) is 19.1 Å². The van der Waals surface area contributed by atoms with Crippen molar-refractivity contribution in [1.29, 1.82) is 0 Å². The molecule has 0 amide bonds. The number of hydrogen-bond donors (Lipinski definition) is 2. The van der Waals surface area contributed by atoms with E-state index in [4.69, 9.17) is 4.74 Å². The zero-order valence-corrected chi connectivity index (χ0v) is 36.2. The number of allylic oxidation sites excluding steroid dienone is 1. The minimum Gasteiger partial charge on any atom is -0.390 e. The van der Waals surface area contributed by atoms with E-state index < -0.39 is 11.2 Å². The first kappa shape index (κ1) is 41.8. The van der Waals surface area contributed by atoms with Crippen LogP contribution in [0.5, 0.6) is 0 Å². The summed E-state index contributed by atoms with van der Waals surface area (Å²) in [6.45, 7) is 23.4. The number of hydrogen-bond acceptors (Lipinski definition) is 6. The Bertz CT molecular complexity index is 1390. The summed E-state index contributed by atoms with van der Waals surface area (Å²) in [4.78, 5) is 39.1. The SMILES string of the molecule is C1CCOC1.C=C(C)[C@H]1CC[C@H]2[C@@H]3CC[C@@H]4C[C@@](C)(O)CC[C@]4(C)[C@H]3C(=O)C[C@]12C.CC(=O)[C@H]1CC[C@H]2[C@@H]3CC[C@@H]4C[C@@](C)(O)CC[C@]4(C)[C@H]3C(=O)C[C@]12C. The predicted molar refractivity (Wildman–Crippen MR) is 218 cm³/mol. The second-order valence-electron chi connectivity index (χ2n) is 22.8. The van der Waals surface area contributed by atoms with Gasteiger partial charge >= 0.3 is 0 Å². The lowest BCUT2D eigenvalue weighted by atomic mass is 9.43. The van der Waals surface area contributed by atoms with Gasteiger partial charge in [0.25, 0.3) is 0 Å².